The molecule has 0 radical (unpaired) electrons. The molecule has 0 spiro atoms. The first-order valence-corrected chi connectivity index (χ1v) is 18.3. The predicted molar refractivity (Wildman–Crippen MR) is 200 cm³/mol. The van der Waals surface area contributed by atoms with Gasteiger partial charge in [-0.15, -0.1) is 0 Å². The Morgan fingerprint density at radius 2 is 0.981 bits per heavy atom. The maximum Gasteiger partial charge on any atom is 0.245 e. The van der Waals surface area contributed by atoms with Gasteiger partial charge in [-0.05, 0) is 55.7 Å². The molecule has 1 fully saturated rings. The summed E-state index contributed by atoms with van der Waals surface area (Å²) in [7, 11) is 0. The van der Waals surface area contributed by atoms with E-state index in [9.17, 15) is 38.7 Å². The summed E-state index contributed by atoms with van der Waals surface area (Å²) < 4.78 is 0. The van der Waals surface area contributed by atoms with E-state index in [1.165, 1.54) is 0 Å². The second-order valence-electron chi connectivity index (χ2n) is 13.8. The number of primary amides is 1. The van der Waals surface area contributed by atoms with Crippen molar-refractivity contribution in [2.24, 2.45) is 17.4 Å². The fourth-order valence-corrected chi connectivity index (χ4v) is 5.97. The van der Waals surface area contributed by atoms with Crippen molar-refractivity contribution in [1.82, 2.24) is 31.9 Å². The molecule has 7 amide bonds. The van der Waals surface area contributed by atoms with Crippen LogP contribution in [0.3, 0.4) is 0 Å². The molecule has 2 aromatic rings. The van der Waals surface area contributed by atoms with Crippen LogP contribution in [0.4, 0.5) is 0 Å². The number of nitrogens with two attached hydrogens (primary N) is 2. The van der Waals surface area contributed by atoms with Crippen molar-refractivity contribution >= 4 is 41.4 Å². The van der Waals surface area contributed by atoms with E-state index in [1.807, 2.05) is 13.8 Å². The van der Waals surface area contributed by atoms with Crippen LogP contribution in [0.25, 0.3) is 0 Å². The van der Waals surface area contributed by atoms with Crippen molar-refractivity contribution in [3.63, 3.8) is 0 Å². The fraction of sp³-hybridized carbons (Fsp3) is 0.500. The fourth-order valence-electron chi connectivity index (χ4n) is 5.97. The number of benzene rings is 2. The van der Waals surface area contributed by atoms with Gasteiger partial charge in [-0.1, -0.05) is 74.5 Å². The lowest BCUT2D eigenvalue weighted by molar-refractivity contribution is -0.137. The van der Waals surface area contributed by atoms with Gasteiger partial charge in [0.15, 0.2) is 0 Å². The molecule has 1 heterocycles. The largest absolute Gasteiger partial charge is 0.394 e. The summed E-state index contributed by atoms with van der Waals surface area (Å²) in [5, 5.41) is 26.0. The monoisotopic (exact) mass is 750 g/mol. The topological polar surface area (TPSA) is 264 Å². The highest BCUT2D eigenvalue weighted by atomic mass is 16.3. The van der Waals surface area contributed by atoms with E-state index in [1.54, 1.807) is 60.7 Å². The Morgan fingerprint density at radius 1 is 0.593 bits per heavy atom. The normalized spacial score (nSPS) is 23.5. The van der Waals surface area contributed by atoms with Gasteiger partial charge in [-0.3, -0.25) is 33.6 Å². The van der Waals surface area contributed by atoms with Gasteiger partial charge in [0.05, 0.1) is 6.61 Å². The highest BCUT2D eigenvalue weighted by molar-refractivity contribution is 5.98. The van der Waals surface area contributed by atoms with Crippen molar-refractivity contribution in [3.05, 3.63) is 71.8 Å². The Labute approximate surface area is 315 Å². The van der Waals surface area contributed by atoms with Gasteiger partial charge in [0, 0.05) is 19.3 Å². The Balaban J connectivity index is 2.10. The van der Waals surface area contributed by atoms with Gasteiger partial charge in [0.1, 0.15) is 36.3 Å². The number of nitrogens with one attached hydrogen (secondary N) is 6. The molecule has 11 N–H and O–H groups in total. The highest BCUT2D eigenvalue weighted by Crippen LogP contribution is 2.12. The van der Waals surface area contributed by atoms with Gasteiger partial charge >= 0.3 is 0 Å². The average molecular weight is 751 g/mol. The zero-order valence-electron chi connectivity index (χ0n) is 30.8. The summed E-state index contributed by atoms with van der Waals surface area (Å²) in [5.74, 6) is -5.51. The minimum Gasteiger partial charge on any atom is -0.394 e. The quantitative estimate of drug-likeness (QED) is 0.105. The molecule has 0 bridgehead atoms. The summed E-state index contributed by atoms with van der Waals surface area (Å²) in [6.45, 7) is 3.16. The number of amides is 7. The third-order valence-electron chi connectivity index (χ3n) is 8.88. The minimum absolute atomic E-state index is 0.00911. The van der Waals surface area contributed by atoms with E-state index < -0.39 is 84.2 Å². The van der Waals surface area contributed by atoms with Crippen LogP contribution in [-0.4, -0.2) is 95.9 Å². The van der Waals surface area contributed by atoms with Crippen LogP contribution < -0.4 is 43.4 Å². The van der Waals surface area contributed by atoms with Crippen LogP contribution in [0.1, 0.15) is 63.5 Å². The average Bonchev–Trinajstić information content (AvgIpc) is 3.14. The van der Waals surface area contributed by atoms with Gasteiger partial charge in [-0.2, -0.15) is 0 Å². The number of unbranched alkanes of at least 4 members (excludes halogenated alkanes) is 1. The first kappa shape index (κ1) is 43.1. The van der Waals surface area contributed by atoms with E-state index in [0.717, 1.165) is 0 Å². The second kappa shape index (κ2) is 22.0. The zero-order valence-corrected chi connectivity index (χ0v) is 30.8. The Bertz CT molecular complexity index is 1580. The summed E-state index contributed by atoms with van der Waals surface area (Å²) in [6, 6.07) is 9.90. The molecule has 54 heavy (non-hydrogen) atoms. The SMILES string of the molecule is CC(C)C[C@@H]1NC(=O)[C@@H](Cc2ccccc2)NC(=O)[C@H](CCC(N)=O)NC(=O)[C@@H](CO)NC(=O)[C@H](CCCCN)NC(=O)[C@@H](Cc2ccccc2)NC1=O. The van der Waals surface area contributed by atoms with Crippen LogP contribution in [-0.2, 0) is 46.4 Å². The number of hydrogen-bond donors (Lipinski definition) is 9. The molecular formula is C38H54N8O8. The first-order valence-electron chi connectivity index (χ1n) is 18.3. The Hall–Kier alpha value is -5.35. The van der Waals surface area contributed by atoms with Gasteiger partial charge in [0.25, 0.3) is 0 Å². The molecule has 0 aliphatic carbocycles. The summed E-state index contributed by atoms with van der Waals surface area (Å²) in [4.78, 5) is 94.7. The molecule has 3 rings (SSSR count). The Kier molecular flexibility index (Phi) is 17.5. The molecule has 16 heteroatoms. The summed E-state index contributed by atoms with van der Waals surface area (Å²) in [5.41, 5.74) is 12.4. The zero-order chi connectivity index (χ0) is 39.6. The standard InChI is InChI=1S/C38H54N8O8/c1-23(2)19-28-35(51)45-29(20-24-11-5-3-6-12-24)36(52)41-26(15-9-10-18-39)33(49)46-31(22-47)38(54)42-27(16-17-32(40)48)34(50)44-30(37(53)43-28)21-25-13-7-4-8-14-25/h3-8,11-14,23,26-31,47H,9-10,15-22,39H2,1-2H3,(H2,40,48)(H,41,52)(H,42,54)(H,43,53)(H,44,50)(H,45,51)(H,46,49)/t26-,27-,28-,29+,30+,31+/m0/s1. The number of carbonyl (C=O) groups excluding carboxylic acids is 7. The van der Waals surface area contributed by atoms with Crippen LogP contribution in [0, 0.1) is 5.92 Å². The molecule has 0 saturated carbocycles. The minimum atomic E-state index is -1.57. The highest BCUT2D eigenvalue weighted by Gasteiger charge is 2.35. The smallest absolute Gasteiger partial charge is 0.245 e. The molecule has 0 aromatic heterocycles. The number of aliphatic hydroxyl groups is 1. The van der Waals surface area contributed by atoms with Crippen molar-refractivity contribution in [3.8, 4) is 0 Å². The van der Waals surface area contributed by atoms with Gasteiger partial charge in [-0.25, -0.2) is 0 Å². The van der Waals surface area contributed by atoms with E-state index in [4.69, 9.17) is 11.5 Å². The molecule has 1 aliphatic heterocycles. The molecule has 6 atom stereocenters. The molecule has 1 aliphatic rings. The number of aliphatic hydroxyl groups excluding tert-OH is 1. The van der Waals surface area contributed by atoms with E-state index in [0.29, 0.717) is 30.5 Å². The van der Waals surface area contributed by atoms with Crippen molar-refractivity contribution in [2.75, 3.05) is 13.2 Å². The molecule has 1 saturated heterocycles. The molecule has 16 nitrogen and oxygen atoms in total. The van der Waals surface area contributed by atoms with Crippen molar-refractivity contribution < 1.29 is 38.7 Å². The third-order valence-corrected chi connectivity index (χ3v) is 8.88. The lowest BCUT2D eigenvalue weighted by atomic mass is 9.99. The van der Waals surface area contributed by atoms with Crippen LogP contribution in [0.15, 0.2) is 60.7 Å². The van der Waals surface area contributed by atoms with E-state index >= 15 is 0 Å². The predicted octanol–water partition coefficient (Wildman–Crippen LogP) is -1.17. The third kappa shape index (κ3) is 14.2. The molecule has 294 valence electrons. The van der Waals surface area contributed by atoms with Crippen LogP contribution in [0.5, 0.6) is 0 Å². The Morgan fingerprint density at radius 3 is 1.43 bits per heavy atom. The van der Waals surface area contributed by atoms with E-state index in [-0.39, 0.29) is 44.4 Å². The van der Waals surface area contributed by atoms with Gasteiger partial charge in [0.2, 0.25) is 41.4 Å². The molecule has 0 unspecified atom stereocenters. The molecule has 2 aromatic carbocycles. The molecular weight excluding hydrogens is 696 g/mol. The van der Waals surface area contributed by atoms with E-state index in [2.05, 4.69) is 31.9 Å². The number of carbonyl (C=O) groups is 7. The lowest BCUT2D eigenvalue weighted by Crippen LogP contribution is -2.62. The maximum absolute atomic E-state index is 14.0. The maximum atomic E-state index is 14.0. The second-order valence-corrected chi connectivity index (χ2v) is 13.8. The summed E-state index contributed by atoms with van der Waals surface area (Å²) >= 11 is 0. The van der Waals surface area contributed by atoms with Crippen LogP contribution >= 0.6 is 0 Å². The van der Waals surface area contributed by atoms with Crippen LogP contribution in [0.2, 0.25) is 0 Å². The number of rotatable bonds is 14. The lowest BCUT2D eigenvalue weighted by Gasteiger charge is -2.29. The van der Waals surface area contributed by atoms with Gasteiger partial charge < -0.3 is 48.5 Å². The number of hydrogen-bond acceptors (Lipinski definition) is 9. The van der Waals surface area contributed by atoms with Crippen molar-refractivity contribution in [1.29, 1.82) is 0 Å². The first-order chi connectivity index (χ1) is 25.8. The van der Waals surface area contributed by atoms with Crippen molar-refractivity contribution in [2.45, 2.75) is 101 Å². The summed E-state index contributed by atoms with van der Waals surface area (Å²) in [6.07, 6.45) is 0.669.